The molecule has 1 atom stereocenters. The van der Waals surface area contributed by atoms with Crippen molar-refractivity contribution in [3.63, 3.8) is 0 Å². The van der Waals surface area contributed by atoms with E-state index in [-0.39, 0.29) is 0 Å². The molecule has 2 aromatic carbocycles. The van der Waals surface area contributed by atoms with Gasteiger partial charge in [-0.15, -0.1) is 0 Å². The number of hydrogen-bond donors (Lipinski definition) is 1. The van der Waals surface area contributed by atoms with Crippen LogP contribution in [0.3, 0.4) is 0 Å². The van der Waals surface area contributed by atoms with E-state index in [0.29, 0.717) is 5.56 Å². The van der Waals surface area contributed by atoms with E-state index in [4.69, 9.17) is 10.5 Å². The van der Waals surface area contributed by atoms with E-state index in [1.807, 2.05) is 30.3 Å². The van der Waals surface area contributed by atoms with Crippen molar-refractivity contribution in [2.75, 3.05) is 0 Å². The Morgan fingerprint density at radius 2 is 1.76 bits per heavy atom. The van der Waals surface area contributed by atoms with Crippen molar-refractivity contribution in [1.82, 2.24) is 4.98 Å². The summed E-state index contributed by atoms with van der Waals surface area (Å²) in [4.78, 5) is 28.0. The molecule has 3 aromatic rings. The molecule has 0 saturated heterocycles. The second-order valence-corrected chi connectivity index (χ2v) is 5.39. The van der Waals surface area contributed by atoms with Crippen LogP contribution in [0, 0.1) is 0 Å². The quantitative estimate of drug-likeness (QED) is 0.575. The Morgan fingerprint density at radius 3 is 2.52 bits per heavy atom. The van der Waals surface area contributed by atoms with Crippen molar-refractivity contribution in [3.8, 4) is 0 Å². The zero-order valence-corrected chi connectivity index (χ0v) is 13.3. The Labute approximate surface area is 144 Å². The van der Waals surface area contributed by atoms with Gasteiger partial charge in [0.2, 0.25) is 6.10 Å². The molecular formula is C20H16N2O3. The molecule has 5 nitrogen and oxygen atoms in total. The zero-order chi connectivity index (χ0) is 17.6. The monoisotopic (exact) mass is 332 g/mol. The normalized spacial score (nSPS) is 12.2. The number of amides is 1. The minimum atomic E-state index is -1.12. The topological polar surface area (TPSA) is 82.3 Å². The number of nitrogens with two attached hydrogens (primary N) is 1. The van der Waals surface area contributed by atoms with Crippen molar-refractivity contribution >= 4 is 28.9 Å². The van der Waals surface area contributed by atoms with Crippen molar-refractivity contribution in [2.45, 2.75) is 6.10 Å². The van der Waals surface area contributed by atoms with E-state index in [0.717, 1.165) is 16.5 Å². The van der Waals surface area contributed by atoms with E-state index in [9.17, 15) is 9.59 Å². The summed E-state index contributed by atoms with van der Waals surface area (Å²) in [5.41, 5.74) is 7.44. The number of esters is 1. The molecule has 0 spiro atoms. The number of carbonyl (C=O) groups excluding carboxylic acids is 2. The Morgan fingerprint density at radius 1 is 1.00 bits per heavy atom. The molecule has 0 unspecified atom stereocenters. The van der Waals surface area contributed by atoms with Crippen LogP contribution in [0.2, 0.25) is 0 Å². The zero-order valence-electron chi connectivity index (χ0n) is 13.3. The first-order valence-electron chi connectivity index (χ1n) is 7.72. The minimum absolute atomic E-state index is 0.531. The van der Waals surface area contributed by atoms with Crippen LogP contribution in [0.15, 0.2) is 72.9 Å². The van der Waals surface area contributed by atoms with Gasteiger partial charge in [-0.05, 0) is 12.1 Å². The number of nitrogens with zero attached hydrogens (tertiary/aromatic N) is 1. The number of ether oxygens (including phenoxy) is 1. The van der Waals surface area contributed by atoms with Crippen LogP contribution >= 0.6 is 0 Å². The fraction of sp³-hybridized carbons (Fsp3) is 0.0500. The predicted octanol–water partition coefficient (Wildman–Crippen LogP) is 3.02. The van der Waals surface area contributed by atoms with Crippen LogP contribution in [0.4, 0.5) is 0 Å². The Bertz CT molecular complexity index is 931. The SMILES string of the molecule is NC(=O)[C@H](OC(=O)/C=C/c1cccc2cccnc12)c1ccccc1. The largest absolute Gasteiger partial charge is 0.444 e. The lowest BCUT2D eigenvalue weighted by atomic mass is 10.1. The van der Waals surface area contributed by atoms with Gasteiger partial charge in [0.1, 0.15) is 0 Å². The predicted molar refractivity (Wildman–Crippen MR) is 95.2 cm³/mol. The molecule has 5 heteroatoms. The summed E-state index contributed by atoms with van der Waals surface area (Å²) in [5.74, 6) is -1.37. The summed E-state index contributed by atoms with van der Waals surface area (Å²) in [7, 11) is 0. The van der Waals surface area contributed by atoms with Gasteiger partial charge in [0.25, 0.3) is 5.91 Å². The standard InChI is InChI=1S/C20H16N2O3/c21-20(24)19(16-6-2-1-3-7-16)25-17(23)12-11-15-9-4-8-14-10-5-13-22-18(14)15/h1-13,19H,(H2,21,24)/b12-11+/t19-/m1/s1. The average Bonchev–Trinajstić information content (AvgIpc) is 2.65. The van der Waals surface area contributed by atoms with Crippen molar-refractivity contribution in [2.24, 2.45) is 5.73 Å². The molecule has 1 amide bonds. The highest BCUT2D eigenvalue weighted by atomic mass is 16.5. The molecule has 0 fully saturated rings. The summed E-state index contributed by atoms with van der Waals surface area (Å²) in [6.07, 6.45) is 3.45. The van der Waals surface area contributed by atoms with Crippen LogP contribution in [-0.2, 0) is 14.3 Å². The Balaban J connectivity index is 1.79. The number of hydrogen-bond acceptors (Lipinski definition) is 4. The van der Waals surface area contributed by atoms with Gasteiger partial charge in [-0.2, -0.15) is 0 Å². The number of aromatic nitrogens is 1. The molecule has 1 aromatic heterocycles. The van der Waals surface area contributed by atoms with E-state index in [1.165, 1.54) is 6.08 Å². The van der Waals surface area contributed by atoms with E-state index >= 15 is 0 Å². The molecule has 0 saturated carbocycles. The molecule has 124 valence electrons. The lowest BCUT2D eigenvalue weighted by Crippen LogP contribution is -2.25. The van der Waals surface area contributed by atoms with Crippen molar-refractivity contribution in [1.29, 1.82) is 0 Å². The smallest absolute Gasteiger partial charge is 0.331 e. The Hall–Kier alpha value is -3.47. The number of benzene rings is 2. The van der Waals surface area contributed by atoms with Gasteiger partial charge >= 0.3 is 5.97 Å². The third kappa shape index (κ3) is 3.90. The molecule has 0 radical (unpaired) electrons. The van der Waals surface area contributed by atoms with E-state index < -0.39 is 18.0 Å². The number of pyridine rings is 1. The summed E-state index contributed by atoms with van der Waals surface area (Å²) in [5, 5.41) is 0.970. The van der Waals surface area contributed by atoms with Crippen LogP contribution in [0.25, 0.3) is 17.0 Å². The first-order chi connectivity index (χ1) is 12.1. The minimum Gasteiger partial charge on any atom is -0.444 e. The molecule has 1 heterocycles. The van der Waals surface area contributed by atoms with Crippen LogP contribution in [0.5, 0.6) is 0 Å². The number of primary amides is 1. The molecule has 2 N–H and O–H groups in total. The van der Waals surface area contributed by atoms with Gasteiger partial charge in [0.05, 0.1) is 5.52 Å². The van der Waals surface area contributed by atoms with Crippen molar-refractivity contribution in [3.05, 3.63) is 84.1 Å². The molecule has 25 heavy (non-hydrogen) atoms. The molecular weight excluding hydrogens is 316 g/mol. The Kier molecular flexibility index (Phi) is 4.85. The van der Waals surface area contributed by atoms with Gasteiger partial charge in [0, 0.05) is 28.8 Å². The summed E-state index contributed by atoms with van der Waals surface area (Å²) in [6, 6.07) is 18.1. The highest BCUT2D eigenvalue weighted by Crippen LogP contribution is 2.19. The first-order valence-corrected chi connectivity index (χ1v) is 7.72. The van der Waals surface area contributed by atoms with Gasteiger partial charge in [-0.3, -0.25) is 9.78 Å². The fourth-order valence-corrected chi connectivity index (χ4v) is 2.49. The maximum Gasteiger partial charge on any atom is 0.331 e. The first kappa shape index (κ1) is 16.4. The number of fused-ring (bicyclic) bond motifs is 1. The highest BCUT2D eigenvalue weighted by Gasteiger charge is 2.21. The third-order valence-electron chi connectivity index (χ3n) is 3.66. The number of carbonyl (C=O) groups is 2. The maximum absolute atomic E-state index is 12.1. The maximum atomic E-state index is 12.1. The van der Waals surface area contributed by atoms with Gasteiger partial charge < -0.3 is 10.5 Å². The lowest BCUT2D eigenvalue weighted by Gasteiger charge is -2.13. The average molecular weight is 332 g/mol. The second-order valence-electron chi connectivity index (χ2n) is 5.39. The molecule has 0 aliphatic carbocycles. The molecule has 0 bridgehead atoms. The lowest BCUT2D eigenvalue weighted by molar-refractivity contribution is -0.150. The summed E-state index contributed by atoms with van der Waals surface area (Å²) >= 11 is 0. The molecule has 3 rings (SSSR count). The van der Waals surface area contributed by atoms with E-state index in [2.05, 4.69) is 4.98 Å². The van der Waals surface area contributed by atoms with Crippen LogP contribution in [-0.4, -0.2) is 16.9 Å². The van der Waals surface area contributed by atoms with Crippen LogP contribution < -0.4 is 5.73 Å². The van der Waals surface area contributed by atoms with Crippen LogP contribution in [0.1, 0.15) is 17.2 Å². The fourth-order valence-electron chi connectivity index (χ4n) is 2.49. The molecule has 0 aliphatic rings. The second kappa shape index (κ2) is 7.40. The number of para-hydroxylation sites is 1. The van der Waals surface area contributed by atoms with Crippen molar-refractivity contribution < 1.29 is 14.3 Å². The molecule has 0 aliphatic heterocycles. The van der Waals surface area contributed by atoms with E-state index in [1.54, 1.807) is 42.6 Å². The number of rotatable bonds is 5. The third-order valence-corrected chi connectivity index (χ3v) is 3.66. The highest BCUT2D eigenvalue weighted by molar-refractivity contribution is 5.94. The van der Waals surface area contributed by atoms with Gasteiger partial charge in [-0.25, -0.2) is 4.79 Å². The summed E-state index contributed by atoms with van der Waals surface area (Å²) in [6.45, 7) is 0. The van der Waals surface area contributed by atoms with Gasteiger partial charge in [0.15, 0.2) is 0 Å². The summed E-state index contributed by atoms with van der Waals surface area (Å²) < 4.78 is 5.21. The van der Waals surface area contributed by atoms with Gasteiger partial charge in [-0.1, -0.05) is 54.6 Å².